The number of aliphatic hydroxyl groups is 1. The Morgan fingerprint density at radius 2 is 1.88 bits per heavy atom. The van der Waals surface area contributed by atoms with Crippen molar-refractivity contribution in [1.82, 2.24) is 0 Å². The summed E-state index contributed by atoms with van der Waals surface area (Å²) in [6.07, 6.45) is 0. The first-order valence-corrected chi connectivity index (χ1v) is 5.29. The molecule has 1 heterocycles. The summed E-state index contributed by atoms with van der Waals surface area (Å²) < 4.78 is 18.3. The van der Waals surface area contributed by atoms with Crippen LogP contribution in [0, 0.1) is 5.82 Å². The molecule has 0 fully saturated rings. The molecule has 0 aliphatic heterocycles. The van der Waals surface area contributed by atoms with Gasteiger partial charge in [0.15, 0.2) is 0 Å². The molecule has 1 aromatic heterocycles. The van der Waals surface area contributed by atoms with E-state index in [1.54, 1.807) is 31.2 Å². The fourth-order valence-corrected chi connectivity index (χ4v) is 1.49. The number of hydrogen-bond acceptors (Lipinski definition) is 3. The fourth-order valence-electron chi connectivity index (χ4n) is 1.49. The van der Waals surface area contributed by atoms with Gasteiger partial charge in [0.05, 0.1) is 12.1 Å². The van der Waals surface area contributed by atoms with Crippen LogP contribution in [0.15, 0.2) is 40.8 Å². The molecule has 0 aliphatic rings. The highest BCUT2D eigenvalue weighted by Crippen LogP contribution is 2.27. The third-order valence-corrected chi connectivity index (χ3v) is 2.63. The van der Waals surface area contributed by atoms with Gasteiger partial charge in [0.1, 0.15) is 17.3 Å². The zero-order valence-electron chi connectivity index (χ0n) is 9.48. The number of nitrogens with two attached hydrogens (primary N) is 1. The molecule has 2 aromatic rings. The Kier molecular flexibility index (Phi) is 3.00. The highest BCUT2D eigenvalue weighted by molar-refractivity contribution is 5.57. The van der Waals surface area contributed by atoms with Crippen molar-refractivity contribution in [1.29, 1.82) is 0 Å². The van der Waals surface area contributed by atoms with E-state index in [-0.39, 0.29) is 12.4 Å². The molecule has 17 heavy (non-hydrogen) atoms. The molecule has 1 aromatic carbocycles. The predicted molar refractivity (Wildman–Crippen MR) is 62.7 cm³/mol. The molecule has 90 valence electrons. The van der Waals surface area contributed by atoms with Crippen molar-refractivity contribution in [2.45, 2.75) is 12.5 Å². The third kappa shape index (κ3) is 2.38. The van der Waals surface area contributed by atoms with Crippen LogP contribution in [0.3, 0.4) is 0 Å². The molecule has 0 spiro atoms. The first-order chi connectivity index (χ1) is 8.03. The van der Waals surface area contributed by atoms with E-state index in [1.807, 2.05) is 0 Å². The average Bonchev–Trinajstić information content (AvgIpc) is 2.80. The number of hydrogen-bond donors (Lipinski definition) is 2. The molecule has 2 rings (SSSR count). The average molecular weight is 235 g/mol. The highest BCUT2D eigenvalue weighted by Gasteiger charge is 2.24. The SMILES string of the molecule is CC(N)(CO)c1ccc(-c2ccc(F)cc2)o1. The molecular formula is C13H14FNO2. The van der Waals surface area contributed by atoms with E-state index in [4.69, 9.17) is 15.3 Å². The van der Waals surface area contributed by atoms with E-state index in [9.17, 15) is 4.39 Å². The van der Waals surface area contributed by atoms with Crippen molar-refractivity contribution < 1.29 is 13.9 Å². The summed E-state index contributed by atoms with van der Waals surface area (Å²) in [6, 6.07) is 9.46. The van der Waals surface area contributed by atoms with Gasteiger partial charge in [-0.15, -0.1) is 0 Å². The van der Waals surface area contributed by atoms with Gasteiger partial charge in [-0.1, -0.05) is 0 Å². The van der Waals surface area contributed by atoms with Gasteiger partial charge in [-0.3, -0.25) is 0 Å². The number of rotatable bonds is 3. The summed E-state index contributed by atoms with van der Waals surface area (Å²) >= 11 is 0. The van der Waals surface area contributed by atoms with Gasteiger partial charge < -0.3 is 15.3 Å². The molecule has 0 radical (unpaired) electrons. The van der Waals surface area contributed by atoms with E-state index >= 15 is 0 Å². The van der Waals surface area contributed by atoms with Crippen LogP contribution in [0.2, 0.25) is 0 Å². The lowest BCUT2D eigenvalue weighted by Gasteiger charge is -2.18. The first-order valence-electron chi connectivity index (χ1n) is 5.29. The van der Waals surface area contributed by atoms with Crippen molar-refractivity contribution in [3.63, 3.8) is 0 Å². The van der Waals surface area contributed by atoms with Gasteiger partial charge in [0.25, 0.3) is 0 Å². The van der Waals surface area contributed by atoms with Crippen LogP contribution >= 0.6 is 0 Å². The Bertz CT molecular complexity index is 502. The Balaban J connectivity index is 2.33. The van der Waals surface area contributed by atoms with E-state index < -0.39 is 5.54 Å². The molecule has 0 saturated carbocycles. The molecule has 1 unspecified atom stereocenters. The van der Waals surface area contributed by atoms with Crippen LogP contribution in [0.5, 0.6) is 0 Å². The standard InChI is InChI=1S/C13H14FNO2/c1-13(15,8-16)12-7-6-11(17-12)9-2-4-10(14)5-3-9/h2-7,16H,8,15H2,1H3. The lowest BCUT2D eigenvalue weighted by atomic mass is 10.0. The summed E-state index contributed by atoms with van der Waals surface area (Å²) in [5.41, 5.74) is 5.71. The molecule has 0 amide bonds. The summed E-state index contributed by atoms with van der Waals surface area (Å²) in [6.45, 7) is 1.48. The van der Waals surface area contributed by atoms with Gasteiger partial charge >= 0.3 is 0 Å². The van der Waals surface area contributed by atoms with E-state index in [1.165, 1.54) is 12.1 Å². The molecular weight excluding hydrogens is 221 g/mol. The summed E-state index contributed by atoms with van der Waals surface area (Å²) in [5, 5.41) is 9.13. The number of halogens is 1. The smallest absolute Gasteiger partial charge is 0.134 e. The van der Waals surface area contributed by atoms with Crippen molar-refractivity contribution >= 4 is 0 Å². The maximum absolute atomic E-state index is 12.8. The lowest BCUT2D eigenvalue weighted by Crippen LogP contribution is -2.36. The monoisotopic (exact) mass is 235 g/mol. The molecule has 0 bridgehead atoms. The van der Waals surface area contributed by atoms with Crippen LogP contribution in [0.4, 0.5) is 4.39 Å². The Morgan fingerprint density at radius 3 is 2.47 bits per heavy atom. The van der Waals surface area contributed by atoms with E-state index in [0.29, 0.717) is 11.5 Å². The zero-order chi connectivity index (χ0) is 12.5. The highest BCUT2D eigenvalue weighted by atomic mass is 19.1. The van der Waals surface area contributed by atoms with Crippen LogP contribution < -0.4 is 5.73 Å². The molecule has 3 nitrogen and oxygen atoms in total. The summed E-state index contributed by atoms with van der Waals surface area (Å²) in [4.78, 5) is 0. The summed E-state index contributed by atoms with van der Waals surface area (Å²) in [5.74, 6) is 0.809. The van der Waals surface area contributed by atoms with Gasteiger partial charge in [-0.25, -0.2) is 4.39 Å². The zero-order valence-corrected chi connectivity index (χ0v) is 9.48. The number of aliphatic hydroxyl groups excluding tert-OH is 1. The number of benzene rings is 1. The van der Waals surface area contributed by atoms with Crippen molar-refractivity contribution in [2.75, 3.05) is 6.61 Å². The Hall–Kier alpha value is -1.65. The molecule has 0 aliphatic carbocycles. The normalized spacial score (nSPS) is 14.6. The van der Waals surface area contributed by atoms with Crippen molar-refractivity contribution in [3.05, 3.63) is 48.0 Å². The quantitative estimate of drug-likeness (QED) is 0.857. The molecule has 3 N–H and O–H groups in total. The Morgan fingerprint density at radius 1 is 1.24 bits per heavy atom. The second-order valence-corrected chi connectivity index (χ2v) is 4.25. The van der Waals surface area contributed by atoms with Gasteiger partial charge in [-0.05, 0) is 43.3 Å². The largest absolute Gasteiger partial charge is 0.459 e. The lowest BCUT2D eigenvalue weighted by molar-refractivity contribution is 0.189. The minimum absolute atomic E-state index is 0.205. The molecule has 1 atom stereocenters. The van der Waals surface area contributed by atoms with Gasteiger partial charge in [0.2, 0.25) is 0 Å². The fraction of sp³-hybridized carbons (Fsp3) is 0.231. The maximum atomic E-state index is 12.8. The topological polar surface area (TPSA) is 59.4 Å². The van der Waals surface area contributed by atoms with Crippen LogP contribution in [-0.2, 0) is 5.54 Å². The van der Waals surface area contributed by atoms with Crippen LogP contribution in [0.25, 0.3) is 11.3 Å². The second kappa shape index (κ2) is 4.31. The van der Waals surface area contributed by atoms with Gasteiger partial charge in [-0.2, -0.15) is 0 Å². The van der Waals surface area contributed by atoms with Gasteiger partial charge in [0, 0.05) is 5.56 Å². The third-order valence-electron chi connectivity index (χ3n) is 2.63. The first kappa shape index (κ1) is 11.8. The Labute approximate surface area is 98.7 Å². The number of furan rings is 1. The van der Waals surface area contributed by atoms with Crippen molar-refractivity contribution in [3.8, 4) is 11.3 Å². The molecule has 4 heteroatoms. The minimum Gasteiger partial charge on any atom is -0.459 e. The van der Waals surface area contributed by atoms with Crippen molar-refractivity contribution in [2.24, 2.45) is 5.73 Å². The van der Waals surface area contributed by atoms with E-state index in [0.717, 1.165) is 5.56 Å². The van der Waals surface area contributed by atoms with Crippen LogP contribution in [0.1, 0.15) is 12.7 Å². The minimum atomic E-state index is -0.904. The predicted octanol–water partition coefficient (Wildman–Crippen LogP) is 2.25. The second-order valence-electron chi connectivity index (χ2n) is 4.25. The molecule has 0 saturated heterocycles. The van der Waals surface area contributed by atoms with Crippen LogP contribution in [-0.4, -0.2) is 11.7 Å². The maximum Gasteiger partial charge on any atom is 0.134 e. The van der Waals surface area contributed by atoms with E-state index in [2.05, 4.69) is 0 Å². The summed E-state index contributed by atoms with van der Waals surface area (Å²) in [7, 11) is 0.